The topological polar surface area (TPSA) is 76.9 Å². The summed E-state index contributed by atoms with van der Waals surface area (Å²) in [5.41, 5.74) is 1.72. The van der Waals surface area contributed by atoms with Gasteiger partial charge >= 0.3 is 0 Å². The monoisotopic (exact) mass is 301 g/mol. The predicted molar refractivity (Wildman–Crippen MR) is 72.8 cm³/mol. The Balaban J connectivity index is 1.82. The van der Waals surface area contributed by atoms with Gasteiger partial charge in [-0.2, -0.15) is 0 Å². The Labute approximate surface area is 124 Å². The molecule has 0 amide bonds. The van der Waals surface area contributed by atoms with Gasteiger partial charge < -0.3 is 23.7 Å². The molecule has 0 aromatic carbocycles. The number of aryl methyl sites for hydroxylation is 1. The molecule has 1 aliphatic heterocycles. The van der Waals surface area contributed by atoms with Crippen molar-refractivity contribution in [3.05, 3.63) is 11.4 Å². The molecule has 2 heterocycles. The molecule has 0 spiro atoms. The Kier molecular flexibility index (Phi) is 7.61. The lowest BCUT2D eigenvalue weighted by Crippen LogP contribution is -2.12. The number of aromatic nitrogens is 3. The Hall–Kier alpha value is -1.06. The van der Waals surface area contributed by atoms with Gasteiger partial charge in [-0.15, -0.1) is 5.10 Å². The Bertz CT molecular complexity index is 399. The van der Waals surface area contributed by atoms with Crippen molar-refractivity contribution in [3.8, 4) is 0 Å². The zero-order valence-electron chi connectivity index (χ0n) is 12.5. The summed E-state index contributed by atoms with van der Waals surface area (Å²) >= 11 is 0. The van der Waals surface area contributed by atoms with Crippen LogP contribution in [-0.4, -0.2) is 67.8 Å². The van der Waals surface area contributed by atoms with Gasteiger partial charge in [0.2, 0.25) is 0 Å². The highest BCUT2D eigenvalue weighted by atomic mass is 16.6. The van der Waals surface area contributed by atoms with Gasteiger partial charge in [0.15, 0.2) is 0 Å². The molecule has 1 aromatic heterocycles. The molecule has 21 heavy (non-hydrogen) atoms. The van der Waals surface area contributed by atoms with Gasteiger partial charge in [0.05, 0.1) is 71.8 Å². The lowest BCUT2D eigenvalue weighted by molar-refractivity contribution is -0.0121. The molecule has 1 aliphatic rings. The summed E-state index contributed by atoms with van der Waals surface area (Å²) in [5.74, 6) is 0. The van der Waals surface area contributed by atoms with E-state index in [0.717, 1.165) is 11.4 Å². The zero-order chi connectivity index (χ0) is 14.8. The van der Waals surface area contributed by atoms with E-state index in [0.29, 0.717) is 66.1 Å². The van der Waals surface area contributed by atoms with Crippen molar-refractivity contribution in [2.24, 2.45) is 7.05 Å². The summed E-state index contributed by atoms with van der Waals surface area (Å²) in [6, 6.07) is 0. The quantitative estimate of drug-likeness (QED) is 0.663. The van der Waals surface area contributed by atoms with Crippen molar-refractivity contribution in [1.82, 2.24) is 15.0 Å². The maximum Gasteiger partial charge on any atom is 0.114 e. The van der Waals surface area contributed by atoms with Crippen LogP contribution in [0.25, 0.3) is 0 Å². The van der Waals surface area contributed by atoms with Crippen LogP contribution in [0.5, 0.6) is 0 Å². The van der Waals surface area contributed by atoms with Crippen LogP contribution in [0.3, 0.4) is 0 Å². The fourth-order valence-electron chi connectivity index (χ4n) is 1.82. The molecule has 8 nitrogen and oxygen atoms in total. The van der Waals surface area contributed by atoms with Crippen LogP contribution < -0.4 is 0 Å². The van der Waals surface area contributed by atoms with Gasteiger partial charge in [0.25, 0.3) is 0 Å². The number of rotatable bonds is 0. The zero-order valence-corrected chi connectivity index (χ0v) is 12.5. The second-order valence-electron chi connectivity index (χ2n) is 4.55. The van der Waals surface area contributed by atoms with Gasteiger partial charge in [0.1, 0.15) is 5.69 Å². The van der Waals surface area contributed by atoms with Crippen molar-refractivity contribution < 1.29 is 23.7 Å². The Morgan fingerprint density at radius 1 is 0.714 bits per heavy atom. The van der Waals surface area contributed by atoms with E-state index in [1.165, 1.54) is 0 Å². The molecule has 8 heteroatoms. The fraction of sp³-hybridized carbons (Fsp3) is 0.846. The van der Waals surface area contributed by atoms with Crippen LogP contribution in [0, 0.1) is 0 Å². The first-order chi connectivity index (χ1) is 10.4. The second-order valence-corrected chi connectivity index (χ2v) is 4.55. The minimum absolute atomic E-state index is 0.406. The smallest absolute Gasteiger partial charge is 0.114 e. The van der Waals surface area contributed by atoms with Gasteiger partial charge in [-0.05, 0) is 0 Å². The van der Waals surface area contributed by atoms with Crippen LogP contribution in [0.4, 0.5) is 0 Å². The SMILES string of the molecule is Cn1nnc2c1COCCOCCOCCOCCOC2. The average Bonchev–Trinajstić information content (AvgIpc) is 2.83. The maximum atomic E-state index is 5.58. The minimum Gasteiger partial charge on any atom is -0.377 e. The molecule has 0 unspecified atom stereocenters. The van der Waals surface area contributed by atoms with Crippen molar-refractivity contribution in [3.63, 3.8) is 0 Å². The first kappa shape index (κ1) is 16.3. The van der Waals surface area contributed by atoms with E-state index < -0.39 is 0 Å². The molecule has 0 saturated carbocycles. The van der Waals surface area contributed by atoms with Gasteiger partial charge in [0, 0.05) is 7.05 Å². The Morgan fingerprint density at radius 3 is 1.76 bits per heavy atom. The van der Waals surface area contributed by atoms with Crippen LogP contribution in [0.1, 0.15) is 11.4 Å². The molecule has 0 bridgehead atoms. The summed E-state index contributed by atoms with van der Waals surface area (Å²) in [7, 11) is 1.84. The average molecular weight is 301 g/mol. The molecule has 0 saturated heterocycles. The summed E-state index contributed by atoms with van der Waals surface area (Å²) in [6.45, 7) is 5.20. The standard InChI is InChI=1S/C13H23N3O5/c1-16-13-11-21-9-7-19-5-3-17-2-4-18-6-8-20-10-12(13)14-15-16/h2-11H2,1H3. The van der Waals surface area contributed by atoms with E-state index in [2.05, 4.69) is 10.3 Å². The molecule has 0 radical (unpaired) electrons. The molecule has 1 aromatic rings. The van der Waals surface area contributed by atoms with Crippen LogP contribution in [-0.2, 0) is 43.9 Å². The third kappa shape index (κ3) is 6.06. The molecule has 0 N–H and O–H groups in total. The number of fused-ring (bicyclic) bond motifs is 1. The lowest BCUT2D eigenvalue weighted by atomic mass is 10.3. The van der Waals surface area contributed by atoms with Crippen molar-refractivity contribution in [2.75, 3.05) is 52.9 Å². The highest BCUT2D eigenvalue weighted by Crippen LogP contribution is 2.07. The van der Waals surface area contributed by atoms with Gasteiger partial charge in [-0.3, -0.25) is 0 Å². The van der Waals surface area contributed by atoms with E-state index in [-0.39, 0.29) is 0 Å². The number of ether oxygens (including phenoxy) is 5. The minimum atomic E-state index is 0.406. The lowest BCUT2D eigenvalue weighted by Gasteiger charge is -2.07. The molecular weight excluding hydrogens is 278 g/mol. The molecule has 120 valence electrons. The normalized spacial score (nSPS) is 20.6. The molecule has 0 fully saturated rings. The van der Waals surface area contributed by atoms with E-state index >= 15 is 0 Å². The highest BCUT2D eigenvalue weighted by Gasteiger charge is 2.11. The van der Waals surface area contributed by atoms with E-state index in [1.807, 2.05) is 7.05 Å². The molecule has 0 atom stereocenters. The van der Waals surface area contributed by atoms with Crippen LogP contribution in [0.15, 0.2) is 0 Å². The van der Waals surface area contributed by atoms with E-state index in [9.17, 15) is 0 Å². The highest BCUT2D eigenvalue weighted by molar-refractivity contribution is 5.07. The van der Waals surface area contributed by atoms with Crippen molar-refractivity contribution >= 4 is 0 Å². The summed E-state index contributed by atoms with van der Waals surface area (Å²) in [6.07, 6.45) is 0. The molecule has 0 aliphatic carbocycles. The summed E-state index contributed by atoms with van der Waals surface area (Å²) in [5, 5.41) is 8.09. The third-order valence-electron chi connectivity index (χ3n) is 2.99. The van der Waals surface area contributed by atoms with Crippen molar-refractivity contribution in [2.45, 2.75) is 13.2 Å². The molecule has 2 rings (SSSR count). The summed E-state index contributed by atoms with van der Waals surface area (Å²) < 4.78 is 29.0. The predicted octanol–water partition coefficient (Wildman–Crippen LogP) is -0.0883. The maximum absolute atomic E-state index is 5.58. The summed E-state index contributed by atoms with van der Waals surface area (Å²) in [4.78, 5) is 0. The first-order valence-corrected chi connectivity index (χ1v) is 7.14. The van der Waals surface area contributed by atoms with Crippen LogP contribution in [0.2, 0.25) is 0 Å². The van der Waals surface area contributed by atoms with Gasteiger partial charge in [-0.1, -0.05) is 5.21 Å². The first-order valence-electron chi connectivity index (χ1n) is 7.14. The third-order valence-corrected chi connectivity index (χ3v) is 2.99. The van der Waals surface area contributed by atoms with E-state index in [1.54, 1.807) is 4.68 Å². The second kappa shape index (κ2) is 9.80. The van der Waals surface area contributed by atoms with E-state index in [4.69, 9.17) is 23.7 Å². The van der Waals surface area contributed by atoms with Gasteiger partial charge in [-0.25, -0.2) is 4.68 Å². The molecular formula is C13H23N3O5. The number of nitrogens with zero attached hydrogens (tertiary/aromatic N) is 3. The Morgan fingerprint density at radius 2 is 1.19 bits per heavy atom. The fourth-order valence-corrected chi connectivity index (χ4v) is 1.82. The number of hydrogen-bond donors (Lipinski definition) is 0. The number of hydrogen-bond acceptors (Lipinski definition) is 7. The largest absolute Gasteiger partial charge is 0.377 e. The van der Waals surface area contributed by atoms with Crippen molar-refractivity contribution in [1.29, 1.82) is 0 Å². The van der Waals surface area contributed by atoms with Crippen LogP contribution >= 0.6 is 0 Å².